The quantitative estimate of drug-likeness (QED) is 0.873. The third kappa shape index (κ3) is 3.78. The average Bonchev–Trinajstić information content (AvgIpc) is 2.47. The van der Waals surface area contributed by atoms with Gasteiger partial charge in [0.1, 0.15) is 5.82 Å². The number of aryl methyl sites for hydroxylation is 1. The van der Waals surface area contributed by atoms with Crippen LogP contribution in [0.5, 0.6) is 0 Å². The number of hydrogen-bond acceptors (Lipinski definition) is 4. The second-order valence-electron chi connectivity index (χ2n) is 4.50. The lowest BCUT2D eigenvalue weighted by Gasteiger charge is -2.06. The Labute approximate surface area is 118 Å². The third-order valence-corrected chi connectivity index (χ3v) is 2.83. The maximum absolute atomic E-state index is 11.9. The number of amides is 1. The van der Waals surface area contributed by atoms with E-state index in [1.807, 2.05) is 38.1 Å². The Balaban J connectivity index is 1.92. The summed E-state index contributed by atoms with van der Waals surface area (Å²) in [6.45, 7) is 5.26. The van der Waals surface area contributed by atoms with Crippen molar-refractivity contribution in [1.82, 2.24) is 15.5 Å². The van der Waals surface area contributed by atoms with Crippen LogP contribution in [0.15, 0.2) is 36.4 Å². The lowest BCUT2D eigenvalue weighted by molar-refractivity contribution is 0.0945. The molecule has 2 N–H and O–H groups in total. The van der Waals surface area contributed by atoms with Crippen molar-refractivity contribution in [2.45, 2.75) is 20.4 Å². The number of rotatable bonds is 5. The molecule has 5 nitrogen and oxygen atoms in total. The van der Waals surface area contributed by atoms with Gasteiger partial charge in [0.05, 0.1) is 0 Å². The van der Waals surface area contributed by atoms with Gasteiger partial charge in [0.15, 0.2) is 5.69 Å². The molecule has 0 aliphatic carbocycles. The van der Waals surface area contributed by atoms with Gasteiger partial charge in [-0.3, -0.25) is 4.79 Å². The first-order chi connectivity index (χ1) is 9.69. The first kappa shape index (κ1) is 14.0. The van der Waals surface area contributed by atoms with Gasteiger partial charge in [-0.25, -0.2) is 0 Å². The fraction of sp³-hybridized carbons (Fsp3) is 0.267. The minimum atomic E-state index is -0.221. The molecular weight excluding hydrogens is 252 g/mol. The summed E-state index contributed by atoms with van der Waals surface area (Å²) >= 11 is 0. The van der Waals surface area contributed by atoms with E-state index in [0.29, 0.717) is 18.1 Å². The average molecular weight is 270 g/mol. The predicted octanol–water partition coefficient (Wildman–Crippen LogP) is 2.15. The summed E-state index contributed by atoms with van der Waals surface area (Å²) in [5.41, 5.74) is 2.57. The second kappa shape index (κ2) is 6.65. The number of carbonyl (C=O) groups is 1. The maximum Gasteiger partial charge on any atom is 0.272 e. The van der Waals surface area contributed by atoms with Crippen LogP contribution in [0, 0.1) is 6.92 Å². The van der Waals surface area contributed by atoms with Crippen molar-refractivity contribution in [1.29, 1.82) is 0 Å². The Bertz CT molecular complexity index is 563. The molecule has 20 heavy (non-hydrogen) atoms. The maximum atomic E-state index is 11.9. The zero-order valence-electron chi connectivity index (χ0n) is 11.7. The summed E-state index contributed by atoms with van der Waals surface area (Å²) in [6, 6.07) is 11.4. The molecule has 1 aromatic carbocycles. The first-order valence-corrected chi connectivity index (χ1v) is 6.60. The number of anilines is 1. The number of hydrogen-bond donors (Lipinski definition) is 2. The molecule has 0 saturated heterocycles. The molecule has 0 aliphatic heterocycles. The number of nitrogens with zero attached hydrogens (tertiary/aromatic N) is 2. The highest BCUT2D eigenvalue weighted by Crippen LogP contribution is 2.04. The van der Waals surface area contributed by atoms with E-state index >= 15 is 0 Å². The molecule has 104 valence electrons. The molecule has 2 rings (SSSR count). The molecule has 0 radical (unpaired) electrons. The number of aromatic nitrogens is 2. The number of benzene rings is 1. The minimum Gasteiger partial charge on any atom is -0.369 e. The van der Waals surface area contributed by atoms with Gasteiger partial charge in [-0.15, -0.1) is 10.2 Å². The monoisotopic (exact) mass is 270 g/mol. The first-order valence-electron chi connectivity index (χ1n) is 6.60. The molecule has 0 saturated carbocycles. The molecule has 0 spiro atoms. The highest BCUT2D eigenvalue weighted by atomic mass is 16.1. The van der Waals surface area contributed by atoms with E-state index in [0.717, 1.165) is 12.1 Å². The summed E-state index contributed by atoms with van der Waals surface area (Å²) < 4.78 is 0. The fourth-order valence-electron chi connectivity index (χ4n) is 1.71. The van der Waals surface area contributed by atoms with Crippen molar-refractivity contribution in [3.63, 3.8) is 0 Å². The Hall–Kier alpha value is -2.43. The fourth-order valence-corrected chi connectivity index (χ4v) is 1.71. The van der Waals surface area contributed by atoms with Crippen LogP contribution in [0.25, 0.3) is 0 Å². The molecule has 1 amide bonds. The lowest BCUT2D eigenvalue weighted by Crippen LogP contribution is -2.24. The van der Waals surface area contributed by atoms with Gasteiger partial charge >= 0.3 is 0 Å². The van der Waals surface area contributed by atoms with Gasteiger partial charge in [0.25, 0.3) is 5.91 Å². The van der Waals surface area contributed by atoms with Crippen molar-refractivity contribution in [3.05, 3.63) is 53.2 Å². The second-order valence-corrected chi connectivity index (χ2v) is 4.50. The predicted molar refractivity (Wildman–Crippen MR) is 78.5 cm³/mol. The van der Waals surface area contributed by atoms with Gasteiger partial charge < -0.3 is 10.6 Å². The number of carbonyl (C=O) groups excluding carboxylic acids is 1. The molecule has 1 heterocycles. The highest BCUT2D eigenvalue weighted by Gasteiger charge is 2.07. The van der Waals surface area contributed by atoms with Gasteiger partial charge in [0.2, 0.25) is 0 Å². The molecule has 5 heteroatoms. The van der Waals surface area contributed by atoms with Crippen molar-refractivity contribution in [2.75, 3.05) is 11.9 Å². The number of nitrogens with one attached hydrogen (secondary N) is 2. The van der Waals surface area contributed by atoms with Crippen LogP contribution in [0.3, 0.4) is 0 Å². The Morgan fingerprint density at radius 3 is 2.45 bits per heavy atom. The summed E-state index contributed by atoms with van der Waals surface area (Å²) in [5, 5.41) is 13.7. The molecule has 0 atom stereocenters. The zero-order chi connectivity index (χ0) is 14.4. The van der Waals surface area contributed by atoms with Crippen LogP contribution in [0.1, 0.15) is 28.5 Å². The van der Waals surface area contributed by atoms with Crippen molar-refractivity contribution < 1.29 is 4.79 Å². The van der Waals surface area contributed by atoms with Crippen LogP contribution >= 0.6 is 0 Å². The van der Waals surface area contributed by atoms with Gasteiger partial charge in [-0.05, 0) is 31.5 Å². The van der Waals surface area contributed by atoms with Crippen LogP contribution in [0.2, 0.25) is 0 Å². The minimum absolute atomic E-state index is 0.221. The Kier molecular flexibility index (Phi) is 4.65. The van der Waals surface area contributed by atoms with E-state index in [1.165, 1.54) is 5.56 Å². The molecule has 2 aromatic rings. The normalized spacial score (nSPS) is 10.1. The summed E-state index contributed by atoms with van der Waals surface area (Å²) in [6.07, 6.45) is 0. The molecule has 0 unspecified atom stereocenters. The van der Waals surface area contributed by atoms with Crippen molar-refractivity contribution >= 4 is 11.7 Å². The molecule has 0 aliphatic rings. The van der Waals surface area contributed by atoms with Gasteiger partial charge in [0, 0.05) is 13.1 Å². The van der Waals surface area contributed by atoms with Crippen LogP contribution in [-0.2, 0) is 6.54 Å². The largest absolute Gasteiger partial charge is 0.369 e. The molecule has 1 aromatic heterocycles. The summed E-state index contributed by atoms with van der Waals surface area (Å²) in [7, 11) is 0. The molecule has 0 fully saturated rings. The van der Waals surface area contributed by atoms with Crippen LogP contribution in [-0.4, -0.2) is 22.6 Å². The lowest BCUT2D eigenvalue weighted by atomic mass is 10.1. The summed E-state index contributed by atoms with van der Waals surface area (Å²) in [4.78, 5) is 11.9. The van der Waals surface area contributed by atoms with Crippen LogP contribution < -0.4 is 10.6 Å². The Morgan fingerprint density at radius 2 is 1.85 bits per heavy atom. The van der Waals surface area contributed by atoms with E-state index in [1.54, 1.807) is 12.1 Å². The third-order valence-electron chi connectivity index (χ3n) is 2.83. The van der Waals surface area contributed by atoms with E-state index in [-0.39, 0.29) is 5.91 Å². The zero-order valence-corrected chi connectivity index (χ0v) is 11.7. The van der Waals surface area contributed by atoms with E-state index in [4.69, 9.17) is 0 Å². The highest BCUT2D eigenvalue weighted by molar-refractivity contribution is 5.92. The van der Waals surface area contributed by atoms with Crippen LogP contribution in [0.4, 0.5) is 5.82 Å². The Morgan fingerprint density at radius 1 is 1.10 bits per heavy atom. The van der Waals surface area contributed by atoms with E-state index < -0.39 is 0 Å². The van der Waals surface area contributed by atoms with Crippen molar-refractivity contribution in [3.8, 4) is 0 Å². The van der Waals surface area contributed by atoms with Crippen molar-refractivity contribution in [2.24, 2.45) is 0 Å². The topological polar surface area (TPSA) is 66.9 Å². The standard InChI is InChI=1S/C15H18N4O/c1-3-16-14-9-8-13(18-19-14)15(20)17-10-12-6-4-11(2)5-7-12/h4-9H,3,10H2,1-2H3,(H,16,19)(H,17,20). The molecular formula is C15H18N4O. The smallest absolute Gasteiger partial charge is 0.272 e. The van der Waals surface area contributed by atoms with Gasteiger partial charge in [-0.1, -0.05) is 29.8 Å². The van der Waals surface area contributed by atoms with E-state index in [2.05, 4.69) is 20.8 Å². The summed E-state index contributed by atoms with van der Waals surface area (Å²) in [5.74, 6) is 0.448. The van der Waals surface area contributed by atoms with Gasteiger partial charge in [-0.2, -0.15) is 0 Å². The molecule has 0 bridgehead atoms. The van der Waals surface area contributed by atoms with E-state index in [9.17, 15) is 4.79 Å². The SMILES string of the molecule is CCNc1ccc(C(=O)NCc2ccc(C)cc2)nn1.